The van der Waals surface area contributed by atoms with Gasteiger partial charge in [-0.25, -0.2) is 0 Å². The summed E-state index contributed by atoms with van der Waals surface area (Å²) in [5.41, 5.74) is 0.289. The highest BCUT2D eigenvalue weighted by Crippen LogP contribution is 2.44. The molecule has 0 bridgehead atoms. The highest BCUT2D eigenvalue weighted by atomic mass is 16.5. The largest absolute Gasteiger partial charge is 0.465 e. The number of carbonyl (C=O) groups is 1. The monoisotopic (exact) mass is 140 g/mol. The third-order valence-corrected chi connectivity index (χ3v) is 2.72. The number of cyclic esters (lactones) is 1. The first-order chi connectivity index (χ1) is 4.81. The summed E-state index contributed by atoms with van der Waals surface area (Å²) in [4.78, 5) is 10.8. The van der Waals surface area contributed by atoms with Crippen molar-refractivity contribution >= 4 is 5.97 Å². The fourth-order valence-corrected chi connectivity index (χ4v) is 2.09. The molecular formula is C8H12O2. The molecule has 2 rings (SSSR count). The first-order valence-corrected chi connectivity index (χ1v) is 3.96. The van der Waals surface area contributed by atoms with E-state index < -0.39 is 0 Å². The van der Waals surface area contributed by atoms with Gasteiger partial charge in [-0.05, 0) is 12.8 Å². The van der Waals surface area contributed by atoms with Crippen LogP contribution in [0.5, 0.6) is 0 Å². The minimum absolute atomic E-state index is 0.0156. The van der Waals surface area contributed by atoms with Crippen molar-refractivity contribution in [3.8, 4) is 0 Å². The van der Waals surface area contributed by atoms with Crippen LogP contribution in [0, 0.1) is 5.41 Å². The summed E-state index contributed by atoms with van der Waals surface area (Å²) in [6.45, 7) is 0.700. The number of ether oxygens (including phenoxy) is 1. The molecule has 1 saturated carbocycles. The SMILES string of the molecule is O=C1CC2(CCCC2)CO1. The van der Waals surface area contributed by atoms with E-state index in [0.29, 0.717) is 13.0 Å². The van der Waals surface area contributed by atoms with Gasteiger partial charge in [0.1, 0.15) is 0 Å². The van der Waals surface area contributed by atoms with E-state index in [4.69, 9.17) is 4.74 Å². The smallest absolute Gasteiger partial charge is 0.306 e. The molecule has 2 aliphatic rings. The van der Waals surface area contributed by atoms with Crippen LogP contribution in [0.15, 0.2) is 0 Å². The second kappa shape index (κ2) is 1.97. The van der Waals surface area contributed by atoms with Gasteiger partial charge in [-0.2, -0.15) is 0 Å². The zero-order valence-corrected chi connectivity index (χ0v) is 6.06. The molecule has 0 radical (unpaired) electrons. The molecule has 1 spiro atoms. The Hall–Kier alpha value is -0.530. The Morgan fingerprint density at radius 1 is 1.30 bits per heavy atom. The van der Waals surface area contributed by atoms with Crippen molar-refractivity contribution in [1.82, 2.24) is 0 Å². The van der Waals surface area contributed by atoms with Crippen molar-refractivity contribution in [2.45, 2.75) is 32.1 Å². The van der Waals surface area contributed by atoms with Gasteiger partial charge in [-0.3, -0.25) is 4.79 Å². The first kappa shape index (κ1) is 6.20. The topological polar surface area (TPSA) is 26.3 Å². The summed E-state index contributed by atoms with van der Waals surface area (Å²) < 4.78 is 4.95. The van der Waals surface area contributed by atoms with Gasteiger partial charge in [0.05, 0.1) is 13.0 Å². The zero-order chi connectivity index (χ0) is 7.03. The summed E-state index contributed by atoms with van der Waals surface area (Å²) in [5.74, 6) is 0.0156. The quantitative estimate of drug-likeness (QED) is 0.476. The van der Waals surface area contributed by atoms with Crippen LogP contribution < -0.4 is 0 Å². The van der Waals surface area contributed by atoms with Gasteiger partial charge in [0.15, 0.2) is 0 Å². The Labute approximate surface area is 60.6 Å². The summed E-state index contributed by atoms with van der Waals surface area (Å²) in [6, 6.07) is 0. The van der Waals surface area contributed by atoms with E-state index in [9.17, 15) is 4.79 Å². The van der Waals surface area contributed by atoms with Gasteiger partial charge < -0.3 is 4.74 Å². The minimum atomic E-state index is 0.0156. The van der Waals surface area contributed by atoms with E-state index in [1.54, 1.807) is 0 Å². The first-order valence-electron chi connectivity index (χ1n) is 3.96. The van der Waals surface area contributed by atoms with Crippen LogP contribution in [-0.2, 0) is 9.53 Å². The second-order valence-corrected chi connectivity index (χ2v) is 3.54. The Morgan fingerprint density at radius 2 is 2.00 bits per heavy atom. The van der Waals surface area contributed by atoms with Gasteiger partial charge in [0, 0.05) is 5.41 Å². The zero-order valence-electron chi connectivity index (χ0n) is 6.06. The van der Waals surface area contributed by atoms with Crippen LogP contribution in [0.4, 0.5) is 0 Å². The Kier molecular flexibility index (Phi) is 1.22. The molecule has 0 N–H and O–H groups in total. The Morgan fingerprint density at radius 3 is 2.50 bits per heavy atom. The van der Waals surface area contributed by atoms with Crippen molar-refractivity contribution < 1.29 is 9.53 Å². The molecule has 56 valence electrons. The van der Waals surface area contributed by atoms with Crippen molar-refractivity contribution in [3.05, 3.63) is 0 Å². The van der Waals surface area contributed by atoms with Crippen molar-refractivity contribution in [2.24, 2.45) is 5.41 Å². The molecule has 10 heavy (non-hydrogen) atoms. The van der Waals surface area contributed by atoms with E-state index >= 15 is 0 Å². The predicted octanol–water partition coefficient (Wildman–Crippen LogP) is 1.49. The van der Waals surface area contributed by atoms with E-state index in [0.717, 1.165) is 0 Å². The average Bonchev–Trinajstić information content (AvgIpc) is 2.46. The number of hydrogen-bond acceptors (Lipinski definition) is 2. The lowest BCUT2D eigenvalue weighted by Gasteiger charge is -2.16. The fraction of sp³-hybridized carbons (Fsp3) is 0.875. The second-order valence-electron chi connectivity index (χ2n) is 3.54. The molecule has 0 atom stereocenters. The number of carbonyl (C=O) groups excluding carboxylic acids is 1. The minimum Gasteiger partial charge on any atom is -0.465 e. The highest BCUT2D eigenvalue weighted by molar-refractivity contribution is 5.72. The van der Waals surface area contributed by atoms with Gasteiger partial charge in [-0.15, -0.1) is 0 Å². The Bertz CT molecular complexity index is 157. The van der Waals surface area contributed by atoms with Crippen LogP contribution in [0.3, 0.4) is 0 Å². The predicted molar refractivity (Wildman–Crippen MR) is 36.5 cm³/mol. The van der Waals surface area contributed by atoms with E-state index in [1.807, 2.05) is 0 Å². The van der Waals surface area contributed by atoms with Crippen molar-refractivity contribution in [2.75, 3.05) is 6.61 Å². The molecule has 0 amide bonds. The highest BCUT2D eigenvalue weighted by Gasteiger charge is 2.42. The van der Waals surface area contributed by atoms with Gasteiger partial charge >= 0.3 is 5.97 Å². The van der Waals surface area contributed by atoms with E-state index in [1.165, 1.54) is 25.7 Å². The maximum atomic E-state index is 10.8. The van der Waals surface area contributed by atoms with Crippen molar-refractivity contribution in [1.29, 1.82) is 0 Å². The maximum absolute atomic E-state index is 10.8. The van der Waals surface area contributed by atoms with Gasteiger partial charge in [-0.1, -0.05) is 12.8 Å². The molecular weight excluding hydrogens is 128 g/mol. The van der Waals surface area contributed by atoms with Crippen LogP contribution in [-0.4, -0.2) is 12.6 Å². The molecule has 0 aromatic heterocycles. The van der Waals surface area contributed by atoms with E-state index in [-0.39, 0.29) is 11.4 Å². The normalized spacial score (nSPS) is 29.4. The van der Waals surface area contributed by atoms with Gasteiger partial charge in [0.2, 0.25) is 0 Å². The molecule has 1 heterocycles. The number of rotatable bonds is 0. The lowest BCUT2D eigenvalue weighted by atomic mass is 9.86. The molecule has 0 aromatic carbocycles. The standard InChI is InChI=1S/C8H12O2/c9-7-5-8(6-10-7)3-1-2-4-8/h1-6H2. The molecule has 2 fully saturated rings. The lowest BCUT2D eigenvalue weighted by Crippen LogP contribution is -2.15. The Balaban J connectivity index is 2.09. The van der Waals surface area contributed by atoms with Crippen LogP contribution in [0.2, 0.25) is 0 Å². The summed E-state index contributed by atoms with van der Waals surface area (Å²) in [5, 5.41) is 0. The third kappa shape index (κ3) is 0.825. The van der Waals surface area contributed by atoms with Crippen molar-refractivity contribution in [3.63, 3.8) is 0 Å². The molecule has 2 nitrogen and oxygen atoms in total. The van der Waals surface area contributed by atoms with Crippen LogP contribution in [0.1, 0.15) is 32.1 Å². The third-order valence-electron chi connectivity index (χ3n) is 2.72. The molecule has 1 saturated heterocycles. The van der Waals surface area contributed by atoms with Gasteiger partial charge in [0.25, 0.3) is 0 Å². The molecule has 2 heteroatoms. The van der Waals surface area contributed by atoms with Crippen LogP contribution >= 0.6 is 0 Å². The molecule has 0 unspecified atom stereocenters. The fourth-order valence-electron chi connectivity index (χ4n) is 2.09. The summed E-state index contributed by atoms with van der Waals surface area (Å²) >= 11 is 0. The van der Waals surface area contributed by atoms with Crippen LogP contribution in [0.25, 0.3) is 0 Å². The summed E-state index contributed by atoms with van der Waals surface area (Å²) in [7, 11) is 0. The summed E-state index contributed by atoms with van der Waals surface area (Å²) in [6.07, 6.45) is 5.68. The molecule has 1 aliphatic carbocycles. The van der Waals surface area contributed by atoms with E-state index in [2.05, 4.69) is 0 Å². The number of hydrogen-bond donors (Lipinski definition) is 0. The lowest BCUT2D eigenvalue weighted by molar-refractivity contribution is -0.137. The number of esters is 1. The maximum Gasteiger partial charge on any atom is 0.306 e. The molecule has 1 aliphatic heterocycles. The average molecular weight is 140 g/mol. The molecule has 0 aromatic rings.